The molecular weight excluding hydrogens is 282 g/mol. The van der Waals surface area contributed by atoms with Gasteiger partial charge < -0.3 is 5.21 Å². The molecule has 2 nitrogen and oxygen atoms in total. The van der Waals surface area contributed by atoms with Gasteiger partial charge in [-0.3, -0.25) is 0 Å². The third-order valence-electron chi connectivity index (χ3n) is 4.96. The van der Waals surface area contributed by atoms with Crippen LogP contribution in [0.15, 0.2) is 65.8 Å². The second-order valence-corrected chi connectivity index (χ2v) is 6.58. The Morgan fingerprint density at radius 1 is 0.739 bits per heavy atom. The first-order chi connectivity index (χ1) is 11.4. The van der Waals surface area contributed by atoms with Gasteiger partial charge in [-0.15, -0.1) is 0 Å². The van der Waals surface area contributed by atoms with Crippen molar-refractivity contribution >= 4 is 5.71 Å². The average Bonchev–Trinajstić information content (AvgIpc) is 2.78. The quantitative estimate of drug-likeness (QED) is 0.475. The summed E-state index contributed by atoms with van der Waals surface area (Å²) in [5.41, 5.74) is 3.67. The molecule has 23 heavy (non-hydrogen) atoms. The first-order valence-corrected chi connectivity index (χ1v) is 8.66. The third-order valence-corrected chi connectivity index (χ3v) is 4.96. The summed E-state index contributed by atoms with van der Waals surface area (Å²) in [4.78, 5) is 0. The molecule has 0 heterocycles. The Balaban J connectivity index is 1.77. The van der Waals surface area contributed by atoms with Crippen molar-refractivity contribution in [1.82, 2.24) is 0 Å². The highest BCUT2D eigenvalue weighted by atomic mass is 16.4. The van der Waals surface area contributed by atoms with Crippen molar-refractivity contribution in [2.45, 2.75) is 38.5 Å². The molecule has 2 heteroatoms. The minimum Gasteiger partial charge on any atom is -0.411 e. The van der Waals surface area contributed by atoms with Crippen LogP contribution in [0.2, 0.25) is 0 Å². The van der Waals surface area contributed by atoms with E-state index in [1.165, 1.54) is 24.0 Å². The lowest BCUT2D eigenvalue weighted by molar-refractivity contribution is 0.308. The molecule has 1 saturated carbocycles. The van der Waals surface area contributed by atoms with Gasteiger partial charge in [0.15, 0.2) is 0 Å². The maximum atomic E-state index is 9.70. The van der Waals surface area contributed by atoms with Gasteiger partial charge in [0.05, 0.1) is 5.71 Å². The van der Waals surface area contributed by atoms with Gasteiger partial charge in [-0.1, -0.05) is 78.7 Å². The van der Waals surface area contributed by atoms with E-state index in [1.807, 2.05) is 0 Å². The van der Waals surface area contributed by atoms with Crippen LogP contribution >= 0.6 is 0 Å². The number of nitrogens with zero attached hydrogens (tertiary/aromatic N) is 1. The summed E-state index contributed by atoms with van der Waals surface area (Å²) in [6.45, 7) is 0. The molecule has 2 unspecified atom stereocenters. The zero-order valence-electron chi connectivity index (χ0n) is 13.6. The summed E-state index contributed by atoms with van der Waals surface area (Å²) in [7, 11) is 0. The molecule has 1 aliphatic rings. The van der Waals surface area contributed by atoms with Crippen LogP contribution in [-0.2, 0) is 12.8 Å². The Morgan fingerprint density at radius 3 is 1.57 bits per heavy atom. The molecule has 3 rings (SSSR count). The van der Waals surface area contributed by atoms with Gasteiger partial charge in [-0.25, -0.2) is 0 Å². The van der Waals surface area contributed by atoms with Crippen molar-refractivity contribution in [3.05, 3.63) is 71.8 Å². The smallest absolute Gasteiger partial charge is 0.0639 e. The van der Waals surface area contributed by atoms with Gasteiger partial charge in [0.25, 0.3) is 0 Å². The summed E-state index contributed by atoms with van der Waals surface area (Å²) in [6.07, 6.45) is 6.65. The monoisotopic (exact) mass is 307 g/mol. The molecule has 0 saturated heterocycles. The van der Waals surface area contributed by atoms with Crippen molar-refractivity contribution in [2.75, 3.05) is 0 Å². The molecule has 1 N–H and O–H groups in total. The lowest BCUT2D eigenvalue weighted by Crippen LogP contribution is -2.25. The van der Waals surface area contributed by atoms with E-state index in [0.717, 1.165) is 31.4 Å². The molecule has 1 fully saturated rings. The van der Waals surface area contributed by atoms with Crippen LogP contribution in [0.1, 0.15) is 36.8 Å². The van der Waals surface area contributed by atoms with Crippen LogP contribution in [0.4, 0.5) is 0 Å². The normalized spacial score (nSPS) is 21.7. The minimum absolute atomic E-state index is 0.360. The van der Waals surface area contributed by atoms with Gasteiger partial charge in [-0.05, 0) is 36.8 Å². The summed E-state index contributed by atoms with van der Waals surface area (Å²) >= 11 is 0. The second kappa shape index (κ2) is 7.96. The molecule has 1 aliphatic carbocycles. The van der Waals surface area contributed by atoms with E-state index in [2.05, 4.69) is 65.8 Å². The van der Waals surface area contributed by atoms with E-state index in [-0.39, 0.29) is 0 Å². The minimum atomic E-state index is 0.360. The molecule has 120 valence electrons. The molecular formula is C21H25NO. The average molecular weight is 307 g/mol. The first kappa shape index (κ1) is 15.8. The van der Waals surface area contributed by atoms with Crippen molar-refractivity contribution < 1.29 is 5.21 Å². The Bertz CT molecular complexity index is 567. The summed E-state index contributed by atoms with van der Waals surface area (Å²) in [5, 5.41) is 13.5. The van der Waals surface area contributed by atoms with Crippen molar-refractivity contribution in [3.63, 3.8) is 0 Å². The SMILES string of the molecule is ON=C1C(Cc2ccccc2)CCCCC1Cc1ccccc1. The lowest BCUT2D eigenvalue weighted by atomic mass is 9.83. The van der Waals surface area contributed by atoms with Crippen LogP contribution in [0.25, 0.3) is 0 Å². The van der Waals surface area contributed by atoms with E-state index in [1.54, 1.807) is 0 Å². The van der Waals surface area contributed by atoms with Gasteiger partial charge in [0, 0.05) is 11.8 Å². The lowest BCUT2D eigenvalue weighted by Gasteiger charge is -2.22. The van der Waals surface area contributed by atoms with Crippen molar-refractivity contribution in [3.8, 4) is 0 Å². The number of hydrogen-bond donors (Lipinski definition) is 1. The van der Waals surface area contributed by atoms with Crippen molar-refractivity contribution in [1.29, 1.82) is 0 Å². The topological polar surface area (TPSA) is 32.6 Å². The van der Waals surface area contributed by atoms with E-state index in [0.29, 0.717) is 11.8 Å². The molecule has 0 amide bonds. The van der Waals surface area contributed by atoms with E-state index < -0.39 is 0 Å². The summed E-state index contributed by atoms with van der Waals surface area (Å²) in [6, 6.07) is 21.1. The Kier molecular flexibility index (Phi) is 5.46. The standard InChI is InChI=1S/C21H25NO/c23-22-21-19(15-17-9-3-1-4-10-17)13-7-8-14-20(21)16-18-11-5-2-6-12-18/h1-6,9-12,19-20,23H,7-8,13-16H2. The van der Waals surface area contributed by atoms with Crippen LogP contribution in [0.5, 0.6) is 0 Å². The fraction of sp³-hybridized carbons (Fsp3) is 0.381. The predicted octanol–water partition coefficient (Wildman–Crippen LogP) is 5.11. The highest BCUT2D eigenvalue weighted by Gasteiger charge is 2.28. The van der Waals surface area contributed by atoms with Gasteiger partial charge >= 0.3 is 0 Å². The zero-order chi connectivity index (χ0) is 15.9. The Labute approximate surface area is 138 Å². The molecule has 0 bridgehead atoms. The van der Waals surface area contributed by atoms with E-state index >= 15 is 0 Å². The molecule has 0 aliphatic heterocycles. The fourth-order valence-electron chi connectivity index (χ4n) is 3.78. The van der Waals surface area contributed by atoms with E-state index in [9.17, 15) is 5.21 Å². The number of benzene rings is 2. The molecule has 0 radical (unpaired) electrons. The Hall–Kier alpha value is -2.09. The summed E-state index contributed by atoms with van der Waals surface area (Å²) < 4.78 is 0. The molecule has 2 aromatic rings. The third kappa shape index (κ3) is 4.22. The largest absolute Gasteiger partial charge is 0.411 e. The molecule has 0 spiro atoms. The second-order valence-electron chi connectivity index (χ2n) is 6.58. The van der Waals surface area contributed by atoms with Gasteiger partial charge in [-0.2, -0.15) is 0 Å². The highest BCUT2D eigenvalue weighted by molar-refractivity contribution is 5.89. The molecule has 2 aromatic carbocycles. The van der Waals surface area contributed by atoms with Crippen LogP contribution in [0.3, 0.4) is 0 Å². The Morgan fingerprint density at radius 2 is 1.17 bits per heavy atom. The number of oxime groups is 1. The maximum absolute atomic E-state index is 9.70. The maximum Gasteiger partial charge on any atom is 0.0639 e. The first-order valence-electron chi connectivity index (χ1n) is 8.66. The van der Waals surface area contributed by atoms with E-state index in [4.69, 9.17) is 0 Å². The van der Waals surface area contributed by atoms with Crippen LogP contribution in [0, 0.1) is 11.8 Å². The van der Waals surface area contributed by atoms with Gasteiger partial charge in [0.1, 0.15) is 0 Å². The predicted molar refractivity (Wildman–Crippen MR) is 95.0 cm³/mol. The fourth-order valence-corrected chi connectivity index (χ4v) is 3.78. The van der Waals surface area contributed by atoms with Crippen LogP contribution in [-0.4, -0.2) is 10.9 Å². The number of hydrogen-bond acceptors (Lipinski definition) is 2. The van der Waals surface area contributed by atoms with Gasteiger partial charge in [0.2, 0.25) is 0 Å². The highest BCUT2D eigenvalue weighted by Crippen LogP contribution is 2.30. The number of rotatable bonds is 4. The van der Waals surface area contributed by atoms with Crippen LogP contribution < -0.4 is 0 Å². The molecule has 0 aromatic heterocycles. The molecule has 2 atom stereocenters. The zero-order valence-corrected chi connectivity index (χ0v) is 13.6. The van der Waals surface area contributed by atoms with Crippen molar-refractivity contribution in [2.24, 2.45) is 17.0 Å². The summed E-state index contributed by atoms with van der Waals surface area (Å²) in [5.74, 6) is 0.720.